The molecule has 0 radical (unpaired) electrons. The van der Waals surface area contributed by atoms with Crippen molar-refractivity contribution < 1.29 is 4.79 Å². The number of hydrogen-bond donors (Lipinski definition) is 0. The molecule has 3 heteroatoms. The van der Waals surface area contributed by atoms with E-state index in [-0.39, 0.29) is 0 Å². The second-order valence-electron chi connectivity index (χ2n) is 4.05. The molecule has 0 aliphatic heterocycles. The number of aldehydes is 1. The van der Waals surface area contributed by atoms with E-state index in [0.29, 0.717) is 11.5 Å². The molecule has 2 rings (SSSR count). The molecule has 1 heterocycles. The number of rotatable bonds is 3. The minimum atomic E-state index is 0.621. The van der Waals surface area contributed by atoms with Crippen LogP contribution in [0.25, 0.3) is 10.2 Å². The van der Waals surface area contributed by atoms with Crippen LogP contribution in [0.2, 0.25) is 0 Å². The summed E-state index contributed by atoms with van der Waals surface area (Å²) >= 11 is 1.72. The maximum absolute atomic E-state index is 10.6. The van der Waals surface area contributed by atoms with Gasteiger partial charge in [-0.25, -0.2) is 4.98 Å². The van der Waals surface area contributed by atoms with E-state index < -0.39 is 0 Å². The Labute approximate surface area is 93.0 Å². The van der Waals surface area contributed by atoms with Crippen LogP contribution in [0.3, 0.4) is 0 Å². The molecule has 0 bridgehead atoms. The van der Waals surface area contributed by atoms with Crippen molar-refractivity contribution in [3.8, 4) is 0 Å². The Hall–Kier alpha value is -1.22. The number of benzene rings is 1. The molecule has 0 aliphatic rings. The van der Waals surface area contributed by atoms with E-state index in [0.717, 1.165) is 27.9 Å². The van der Waals surface area contributed by atoms with Gasteiger partial charge in [0.25, 0.3) is 0 Å². The molecule has 2 nitrogen and oxygen atoms in total. The predicted octanol–water partition coefficient (Wildman–Crippen LogP) is 3.31. The number of nitrogens with zero attached hydrogens (tertiary/aromatic N) is 1. The molecule has 0 aliphatic carbocycles. The Kier molecular flexibility index (Phi) is 2.82. The fourth-order valence-electron chi connectivity index (χ4n) is 1.50. The summed E-state index contributed by atoms with van der Waals surface area (Å²) in [5, 5.41) is 1.16. The number of hydrogen-bond acceptors (Lipinski definition) is 3. The summed E-state index contributed by atoms with van der Waals surface area (Å²) in [6, 6.07) is 5.66. The summed E-state index contributed by atoms with van der Waals surface area (Å²) < 4.78 is 1.16. The average Bonchev–Trinajstić information content (AvgIpc) is 2.57. The highest BCUT2D eigenvalue weighted by Gasteiger charge is 2.06. The van der Waals surface area contributed by atoms with Crippen LogP contribution < -0.4 is 0 Å². The van der Waals surface area contributed by atoms with Crippen LogP contribution in [0.5, 0.6) is 0 Å². The number of carbonyl (C=O) groups is 1. The molecular weight excluding hydrogens is 206 g/mol. The van der Waals surface area contributed by atoms with E-state index in [1.807, 2.05) is 18.2 Å². The van der Waals surface area contributed by atoms with Gasteiger partial charge in [-0.1, -0.05) is 19.9 Å². The number of carbonyl (C=O) groups excluding carboxylic acids is 1. The van der Waals surface area contributed by atoms with Gasteiger partial charge >= 0.3 is 0 Å². The Morgan fingerprint density at radius 3 is 2.93 bits per heavy atom. The first-order valence-electron chi connectivity index (χ1n) is 5.03. The number of fused-ring (bicyclic) bond motifs is 1. The van der Waals surface area contributed by atoms with Crippen molar-refractivity contribution in [3.63, 3.8) is 0 Å². The third-order valence-corrected chi connectivity index (χ3v) is 3.23. The molecule has 0 amide bonds. The fraction of sp³-hybridized carbons (Fsp3) is 0.333. The molecule has 15 heavy (non-hydrogen) atoms. The van der Waals surface area contributed by atoms with Gasteiger partial charge in [0.15, 0.2) is 0 Å². The van der Waals surface area contributed by atoms with E-state index in [2.05, 4.69) is 18.8 Å². The number of thiazole rings is 1. The van der Waals surface area contributed by atoms with Gasteiger partial charge in [-0.2, -0.15) is 0 Å². The SMILES string of the molecule is CC(C)Cc1nc2cc(C=O)ccc2s1. The first kappa shape index (κ1) is 10.3. The van der Waals surface area contributed by atoms with Gasteiger partial charge in [0, 0.05) is 12.0 Å². The van der Waals surface area contributed by atoms with Crippen LogP contribution >= 0.6 is 11.3 Å². The van der Waals surface area contributed by atoms with Crippen LogP contribution in [-0.2, 0) is 6.42 Å². The summed E-state index contributed by atoms with van der Waals surface area (Å²) in [5.74, 6) is 0.621. The third kappa shape index (κ3) is 2.23. The Balaban J connectivity index is 2.42. The van der Waals surface area contributed by atoms with Gasteiger partial charge in [0.05, 0.1) is 15.2 Å². The molecular formula is C12H13NOS. The van der Waals surface area contributed by atoms with Gasteiger partial charge in [0.2, 0.25) is 0 Å². The molecule has 78 valence electrons. The van der Waals surface area contributed by atoms with Gasteiger partial charge in [-0.3, -0.25) is 4.79 Å². The van der Waals surface area contributed by atoms with Crippen molar-refractivity contribution in [1.82, 2.24) is 4.98 Å². The molecule has 0 saturated heterocycles. The predicted molar refractivity (Wildman–Crippen MR) is 63.5 cm³/mol. The van der Waals surface area contributed by atoms with Crippen LogP contribution in [0.15, 0.2) is 18.2 Å². The Morgan fingerprint density at radius 2 is 2.27 bits per heavy atom. The Morgan fingerprint density at radius 1 is 1.47 bits per heavy atom. The zero-order valence-electron chi connectivity index (χ0n) is 8.86. The normalized spacial score (nSPS) is 11.1. The second-order valence-corrected chi connectivity index (χ2v) is 5.17. The van der Waals surface area contributed by atoms with Gasteiger partial charge < -0.3 is 0 Å². The van der Waals surface area contributed by atoms with Gasteiger partial charge in [-0.15, -0.1) is 11.3 Å². The zero-order chi connectivity index (χ0) is 10.8. The van der Waals surface area contributed by atoms with Crippen molar-refractivity contribution in [3.05, 3.63) is 28.8 Å². The molecule has 0 atom stereocenters. The maximum Gasteiger partial charge on any atom is 0.150 e. The first-order valence-corrected chi connectivity index (χ1v) is 5.85. The zero-order valence-corrected chi connectivity index (χ0v) is 9.67. The molecule has 2 aromatic rings. The molecule has 0 unspecified atom stereocenters. The summed E-state index contributed by atoms with van der Waals surface area (Å²) in [6.07, 6.45) is 1.87. The van der Waals surface area contributed by atoms with Crippen LogP contribution in [-0.4, -0.2) is 11.3 Å². The highest BCUT2D eigenvalue weighted by atomic mass is 32.1. The highest BCUT2D eigenvalue weighted by molar-refractivity contribution is 7.18. The van der Waals surface area contributed by atoms with Crippen molar-refractivity contribution in [1.29, 1.82) is 0 Å². The topological polar surface area (TPSA) is 30.0 Å². The maximum atomic E-state index is 10.6. The van der Waals surface area contributed by atoms with Crippen LogP contribution in [0.4, 0.5) is 0 Å². The lowest BCUT2D eigenvalue weighted by Crippen LogP contribution is -1.92. The fourth-order valence-corrected chi connectivity index (χ4v) is 2.66. The second kappa shape index (κ2) is 4.11. The minimum absolute atomic E-state index is 0.621. The summed E-state index contributed by atoms with van der Waals surface area (Å²) in [5.41, 5.74) is 1.64. The standard InChI is InChI=1S/C12H13NOS/c1-8(2)5-12-13-10-6-9(7-14)3-4-11(10)15-12/h3-4,6-8H,5H2,1-2H3. The lowest BCUT2D eigenvalue weighted by atomic mass is 10.1. The van der Waals surface area contributed by atoms with E-state index in [4.69, 9.17) is 0 Å². The summed E-state index contributed by atoms with van der Waals surface area (Å²) in [6.45, 7) is 4.37. The molecule has 0 spiro atoms. The minimum Gasteiger partial charge on any atom is -0.298 e. The van der Waals surface area contributed by atoms with Crippen molar-refractivity contribution in [2.24, 2.45) is 5.92 Å². The molecule has 1 aromatic heterocycles. The van der Waals surface area contributed by atoms with Crippen molar-refractivity contribution in [2.75, 3.05) is 0 Å². The largest absolute Gasteiger partial charge is 0.298 e. The molecule has 0 N–H and O–H groups in total. The van der Waals surface area contributed by atoms with Gasteiger partial charge in [0.1, 0.15) is 6.29 Å². The van der Waals surface area contributed by atoms with Crippen molar-refractivity contribution >= 4 is 27.8 Å². The smallest absolute Gasteiger partial charge is 0.150 e. The number of aromatic nitrogens is 1. The molecule has 1 aromatic carbocycles. The van der Waals surface area contributed by atoms with E-state index in [9.17, 15) is 4.79 Å². The first-order chi connectivity index (χ1) is 7.19. The lowest BCUT2D eigenvalue weighted by molar-refractivity contribution is 0.112. The van der Waals surface area contributed by atoms with Crippen LogP contribution in [0.1, 0.15) is 29.2 Å². The van der Waals surface area contributed by atoms with Gasteiger partial charge in [-0.05, 0) is 18.1 Å². The summed E-state index contributed by atoms with van der Waals surface area (Å²) in [4.78, 5) is 15.1. The lowest BCUT2D eigenvalue weighted by Gasteiger charge is -1.97. The van der Waals surface area contributed by atoms with E-state index >= 15 is 0 Å². The quantitative estimate of drug-likeness (QED) is 0.741. The van der Waals surface area contributed by atoms with E-state index in [1.54, 1.807) is 11.3 Å². The van der Waals surface area contributed by atoms with Crippen molar-refractivity contribution in [2.45, 2.75) is 20.3 Å². The highest BCUT2D eigenvalue weighted by Crippen LogP contribution is 2.24. The van der Waals surface area contributed by atoms with E-state index in [1.165, 1.54) is 0 Å². The molecule has 0 fully saturated rings. The van der Waals surface area contributed by atoms with Crippen LogP contribution in [0, 0.1) is 5.92 Å². The third-order valence-electron chi connectivity index (χ3n) is 2.17. The average molecular weight is 219 g/mol. The summed E-state index contributed by atoms with van der Waals surface area (Å²) in [7, 11) is 0. The Bertz CT molecular complexity index is 487. The monoisotopic (exact) mass is 219 g/mol. The molecule has 0 saturated carbocycles.